The van der Waals surface area contributed by atoms with Gasteiger partial charge in [0, 0.05) is 39.9 Å². The Hall–Kier alpha value is -2.58. The highest BCUT2D eigenvalue weighted by molar-refractivity contribution is 7.92. The molecule has 7 nitrogen and oxygen atoms in total. The molecule has 158 valence electrons. The molecule has 8 heteroatoms. The summed E-state index contributed by atoms with van der Waals surface area (Å²) < 4.78 is 37.9. The highest BCUT2D eigenvalue weighted by atomic mass is 32.2. The Bertz CT molecular complexity index is 959. The molecule has 0 aromatic heterocycles. The van der Waals surface area contributed by atoms with E-state index in [0.29, 0.717) is 42.1 Å². The van der Waals surface area contributed by atoms with Crippen molar-refractivity contribution in [3.8, 4) is 5.75 Å². The molecule has 0 radical (unpaired) electrons. The van der Waals surface area contributed by atoms with Gasteiger partial charge in [-0.2, -0.15) is 0 Å². The van der Waals surface area contributed by atoms with Crippen LogP contribution in [0, 0.1) is 6.92 Å². The van der Waals surface area contributed by atoms with E-state index in [1.54, 1.807) is 56.3 Å². The average molecular weight is 421 g/mol. The van der Waals surface area contributed by atoms with E-state index in [4.69, 9.17) is 9.47 Å². The summed E-state index contributed by atoms with van der Waals surface area (Å²) in [5, 5.41) is 0. The summed E-state index contributed by atoms with van der Waals surface area (Å²) in [7, 11) is 2.37. The van der Waals surface area contributed by atoms with Gasteiger partial charge in [-0.3, -0.25) is 9.10 Å². The maximum atomic E-state index is 13.2. The van der Waals surface area contributed by atoms with Crippen molar-refractivity contribution in [3.63, 3.8) is 0 Å². The van der Waals surface area contributed by atoms with E-state index in [1.807, 2.05) is 0 Å². The van der Waals surface area contributed by atoms with E-state index in [-0.39, 0.29) is 10.8 Å². The number of carbonyl (C=O) groups excluding carboxylic acids is 1. The topological polar surface area (TPSA) is 76.2 Å². The molecule has 0 aliphatic rings. The summed E-state index contributed by atoms with van der Waals surface area (Å²) in [6.45, 7) is 2.86. The second-order valence-electron chi connectivity index (χ2n) is 6.69. The summed E-state index contributed by atoms with van der Waals surface area (Å²) in [5.74, 6) is 0.218. The molecular weight excluding hydrogens is 392 g/mol. The zero-order valence-electron chi connectivity index (χ0n) is 17.5. The lowest BCUT2D eigenvalue weighted by molar-refractivity contribution is 0.0778. The minimum Gasteiger partial charge on any atom is -0.495 e. The molecule has 0 unspecified atom stereocenters. The van der Waals surface area contributed by atoms with Crippen molar-refractivity contribution in [2.45, 2.75) is 18.2 Å². The normalized spacial score (nSPS) is 11.2. The SMILES string of the molecule is COCCCN(C)C(=O)c1cc(S(=O)(=O)N(C)c2ccccc2OC)ccc1C. The summed E-state index contributed by atoms with van der Waals surface area (Å²) in [6.07, 6.45) is 0.701. The van der Waals surface area contributed by atoms with Crippen LogP contribution in [0.3, 0.4) is 0 Å². The fourth-order valence-electron chi connectivity index (χ4n) is 2.92. The first-order valence-corrected chi connectivity index (χ1v) is 10.6. The van der Waals surface area contributed by atoms with E-state index in [1.165, 1.54) is 26.3 Å². The van der Waals surface area contributed by atoms with Crippen LogP contribution < -0.4 is 9.04 Å². The third-order valence-electron chi connectivity index (χ3n) is 4.71. The molecule has 2 aromatic carbocycles. The van der Waals surface area contributed by atoms with Crippen LogP contribution >= 0.6 is 0 Å². The molecule has 2 rings (SSSR count). The third kappa shape index (κ3) is 5.07. The quantitative estimate of drug-likeness (QED) is 0.583. The number of aryl methyl sites for hydroxylation is 1. The molecular formula is C21H28N2O5S. The van der Waals surface area contributed by atoms with Gasteiger partial charge in [-0.25, -0.2) is 8.42 Å². The number of anilines is 1. The molecule has 0 N–H and O–H groups in total. The van der Waals surface area contributed by atoms with Crippen LogP contribution in [0.15, 0.2) is 47.4 Å². The lowest BCUT2D eigenvalue weighted by atomic mass is 10.1. The molecule has 1 amide bonds. The Morgan fingerprint density at radius 2 is 1.76 bits per heavy atom. The van der Waals surface area contributed by atoms with E-state index >= 15 is 0 Å². The zero-order chi connectivity index (χ0) is 21.6. The Morgan fingerprint density at radius 1 is 1.07 bits per heavy atom. The smallest absolute Gasteiger partial charge is 0.264 e. The Morgan fingerprint density at radius 3 is 2.41 bits per heavy atom. The second kappa shape index (κ2) is 9.76. The Labute approximate surface area is 172 Å². The van der Waals surface area contributed by atoms with Gasteiger partial charge in [-0.1, -0.05) is 18.2 Å². The number of sulfonamides is 1. The maximum absolute atomic E-state index is 13.2. The number of ether oxygens (including phenoxy) is 2. The predicted octanol–water partition coefficient (Wildman–Crippen LogP) is 2.94. The number of hydrogen-bond donors (Lipinski definition) is 0. The summed E-state index contributed by atoms with van der Waals surface area (Å²) in [4.78, 5) is 14.5. The molecule has 0 saturated carbocycles. The van der Waals surface area contributed by atoms with Crippen LogP contribution in [0.4, 0.5) is 5.69 Å². The number of benzene rings is 2. The third-order valence-corrected chi connectivity index (χ3v) is 6.48. The standard InChI is InChI=1S/C21H28N2O5S/c1-16-11-12-17(15-18(16)21(24)22(2)13-8-14-27-4)29(25,26)23(3)19-9-6-7-10-20(19)28-5/h6-7,9-12,15H,8,13-14H2,1-5H3. The maximum Gasteiger partial charge on any atom is 0.264 e. The number of amides is 1. The van der Waals surface area contributed by atoms with Crippen molar-refractivity contribution in [2.24, 2.45) is 0 Å². The minimum atomic E-state index is -3.88. The zero-order valence-corrected chi connectivity index (χ0v) is 18.3. The van der Waals surface area contributed by atoms with Crippen LogP contribution in [-0.2, 0) is 14.8 Å². The van der Waals surface area contributed by atoms with Crippen molar-refractivity contribution in [3.05, 3.63) is 53.6 Å². The number of rotatable bonds is 9. The van der Waals surface area contributed by atoms with Gasteiger partial charge < -0.3 is 14.4 Å². The fraction of sp³-hybridized carbons (Fsp3) is 0.381. The summed E-state index contributed by atoms with van der Waals surface area (Å²) >= 11 is 0. The first kappa shape index (κ1) is 22.7. The number of para-hydroxylation sites is 2. The first-order chi connectivity index (χ1) is 13.7. The second-order valence-corrected chi connectivity index (χ2v) is 8.66. The van der Waals surface area contributed by atoms with Gasteiger partial charge in [0.15, 0.2) is 0 Å². The van der Waals surface area contributed by atoms with Gasteiger partial charge in [0.25, 0.3) is 15.9 Å². The molecule has 0 heterocycles. The molecule has 0 aliphatic carbocycles. The van der Waals surface area contributed by atoms with Crippen LogP contribution in [0.1, 0.15) is 22.3 Å². The number of methoxy groups -OCH3 is 2. The summed E-state index contributed by atoms with van der Waals surface area (Å²) in [6, 6.07) is 11.5. The van der Waals surface area contributed by atoms with Crippen molar-refractivity contribution >= 4 is 21.6 Å². The summed E-state index contributed by atoms with van der Waals surface area (Å²) in [5.41, 5.74) is 1.49. The lowest BCUT2D eigenvalue weighted by Gasteiger charge is -2.23. The predicted molar refractivity (Wildman–Crippen MR) is 113 cm³/mol. The molecule has 2 aromatic rings. The molecule has 0 bridgehead atoms. The van der Waals surface area contributed by atoms with Gasteiger partial charge in [0.2, 0.25) is 0 Å². The van der Waals surface area contributed by atoms with Gasteiger partial charge in [-0.05, 0) is 43.2 Å². The van der Waals surface area contributed by atoms with Crippen molar-refractivity contribution in [1.82, 2.24) is 4.90 Å². The highest BCUT2D eigenvalue weighted by Gasteiger charge is 2.25. The fourth-order valence-corrected chi connectivity index (χ4v) is 4.16. The van der Waals surface area contributed by atoms with Crippen LogP contribution in [0.25, 0.3) is 0 Å². The minimum absolute atomic E-state index is 0.0464. The Balaban J connectivity index is 2.37. The monoisotopic (exact) mass is 420 g/mol. The van der Waals surface area contributed by atoms with Gasteiger partial charge >= 0.3 is 0 Å². The lowest BCUT2D eigenvalue weighted by Crippen LogP contribution is -2.30. The largest absolute Gasteiger partial charge is 0.495 e. The molecule has 0 aliphatic heterocycles. The molecule has 0 atom stereocenters. The van der Waals surface area contributed by atoms with Crippen LogP contribution in [-0.4, -0.2) is 60.7 Å². The van der Waals surface area contributed by atoms with E-state index in [9.17, 15) is 13.2 Å². The van der Waals surface area contributed by atoms with Crippen molar-refractivity contribution < 1.29 is 22.7 Å². The number of hydrogen-bond acceptors (Lipinski definition) is 5. The number of nitrogens with zero attached hydrogens (tertiary/aromatic N) is 2. The van der Waals surface area contributed by atoms with Crippen LogP contribution in [0.2, 0.25) is 0 Å². The average Bonchev–Trinajstić information content (AvgIpc) is 2.72. The van der Waals surface area contributed by atoms with Gasteiger partial charge in [-0.15, -0.1) is 0 Å². The van der Waals surface area contributed by atoms with Crippen molar-refractivity contribution in [2.75, 3.05) is 45.8 Å². The van der Waals surface area contributed by atoms with E-state index in [0.717, 1.165) is 4.31 Å². The highest BCUT2D eigenvalue weighted by Crippen LogP contribution is 2.31. The first-order valence-electron chi connectivity index (χ1n) is 9.21. The van der Waals surface area contributed by atoms with Crippen molar-refractivity contribution in [1.29, 1.82) is 0 Å². The van der Waals surface area contributed by atoms with Crippen LogP contribution in [0.5, 0.6) is 5.75 Å². The molecule has 0 fully saturated rings. The van der Waals surface area contributed by atoms with E-state index in [2.05, 4.69) is 0 Å². The molecule has 0 spiro atoms. The van der Waals surface area contributed by atoms with Gasteiger partial charge in [0.05, 0.1) is 17.7 Å². The van der Waals surface area contributed by atoms with E-state index < -0.39 is 10.0 Å². The Kier molecular flexibility index (Phi) is 7.64. The molecule has 0 saturated heterocycles. The van der Waals surface area contributed by atoms with Gasteiger partial charge in [0.1, 0.15) is 5.75 Å². The molecule has 29 heavy (non-hydrogen) atoms. The number of carbonyl (C=O) groups is 1.